The predicted octanol–water partition coefficient (Wildman–Crippen LogP) is 16.6. The largest absolute Gasteiger partial charge is 0.456 e. The van der Waals surface area contributed by atoms with Gasteiger partial charge in [0.1, 0.15) is 33.7 Å². The van der Waals surface area contributed by atoms with Crippen molar-refractivity contribution < 1.29 is 13.3 Å². The Balaban J connectivity index is 0.804. The molecule has 0 spiro atoms. The minimum Gasteiger partial charge on any atom is -0.456 e. The van der Waals surface area contributed by atoms with Crippen molar-refractivity contribution in [3.8, 4) is 27.9 Å². The van der Waals surface area contributed by atoms with E-state index in [2.05, 4.69) is 209 Å². The van der Waals surface area contributed by atoms with E-state index >= 15 is 0 Å². The zero-order valence-electron chi connectivity index (χ0n) is 35.0. The summed E-state index contributed by atoms with van der Waals surface area (Å²) in [5.41, 5.74) is 16.2. The van der Waals surface area contributed by atoms with Gasteiger partial charge in [0.05, 0.1) is 17.1 Å². The average Bonchev–Trinajstić information content (AvgIpc) is 4.17. The van der Waals surface area contributed by atoms with Gasteiger partial charge >= 0.3 is 0 Å². The highest BCUT2D eigenvalue weighted by Gasteiger charge is 2.25. The molecule has 5 nitrogen and oxygen atoms in total. The minimum absolute atomic E-state index is 0.163. The van der Waals surface area contributed by atoms with E-state index in [0.29, 0.717) is 0 Å². The number of furan rings is 3. The number of nitrogens with zero attached hydrogens (tertiary/aromatic N) is 2. The van der Waals surface area contributed by atoms with Gasteiger partial charge in [-0.15, -0.1) is 0 Å². The maximum atomic E-state index is 6.47. The molecule has 65 heavy (non-hydrogen) atoms. The van der Waals surface area contributed by atoms with Crippen molar-refractivity contribution in [3.63, 3.8) is 0 Å². The molecule has 0 saturated carbocycles. The topological polar surface area (TPSA) is 49.3 Å². The van der Waals surface area contributed by atoms with Crippen LogP contribution in [0.1, 0.15) is 17.4 Å². The van der Waals surface area contributed by atoms with Crippen LogP contribution in [-0.2, 0) is 6.42 Å². The molecule has 15 rings (SSSR count). The van der Waals surface area contributed by atoms with E-state index in [-0.39, 0.29) is 6.04 Å². The number of hydrogen-bond donors (Lipinski definition) is 0. The van der Waals surface area contributed by atoms with Crippen LogP contribution in [0.4, 0.5) is 0 Å². The number of rotatable bonds is 4. The summed E-state index contributed by atoms with van der Waals surface area (Å²) in [4.78, 5) is 0. The summed E-state index contributed by atoms with van der Waals surface area (Å²) in [6, 6.07) is 67.7. The van der Waals surface area contributed by atoms with Crippen LogP contribution in [0.25, 0.3) is 132 Å². The molecule has 14 aromatic rings. The molecule has 1 atom stereocenters. The van der Waals surface area contributed by atoms with Crippen molar-refractivity contribution in [1.29, 1.82) is 0 Å². The van der Waals surface area contributed by atoms with E-state index in [1.165, 1.54) is 49.2 Å². The van der Waals surface area contributed by atoms with Crippen LogP contribution >= 0.6 is 0 Å². The van der Waals surface area contributed by atoms with Crippen molar-refractivity contribution in [2.45, 2.75) is 12.5 Å². The fraction of sp³-hybridized carbons (Fsp3) is 0.0333. The molecule has 5 heteroatoms. The lowest BCUT2D eigenvalue weighted by atomic mass is 9.94. The van der Waals surface area contributed by atoms with Gasteiger partial charge in [0.25, 0.3) is 0 Å². The van der Waals surface area contributed by atoms with E-state index < -0.39 is 0 Å². The fourth-order valence-electron chi connectivity index (χ4n) is 11.1. The van der Waals surface area contributed by atoms with E-state index in [1.54, 1.807) is 0 Å². The number of para-hydroxylation sites is 4. The predicted molar refractivity (Wildman–Crippen MR) is 267 cm³/mol. The molecule has 0 radical (unpaired) electrons. The van der Waals surface area contributed by atoms with Crippen molar-refractivity contribution in [2.75, 3.05) is 0 Å². The maximum Gasteiger partial charge on any atom is 0.135 e. The Morgan fingerprint density at radius 1 is 0.354 bits per heavy atom. The first kappa shape index (κ1) is 35.0. The number of hydrogen-bond acceptors (Lipinski definition) is 3. The molecular formula is C60H36N2O3. The fourth-order valence-corrected chi connectivity index (χ4v) is 11.1. The Kier molecular flexibility index (Phi) is 7.00. The first-order valence-corrected chi connectivity index (χ1v) is 22.3. The lowest BCUT2D eigenvalue weighted by Gasteiger charge is -2.21. The Hall–Kier alpha value is -8.54. The standard InChI is InChI=1S/C60H36N2O3/c1-5-13-51-41(9-1)42-10-2-6-14-52(42)61(51)39-21-27-59-49(33-39)47-31-37(19-25-57(47)64-59)35-17-23-55-45(29-35)46-30-36(18-24-56(46)63-55)38-20-26-58-48(32-38)50-34-40(22-28-60(50)65-58)62-53-15-7-3-11-43(53)44-12-4-8-16-54(44)62/h1-33,40H,34H2. The molecule has 0 saturated heterocycles. The third-order valence-electron chi connectivity index (χ3n) is 14.1. The van der Waals surface area contributed by atoms with Gasteiger partial charge < -0.3 is 22.4 Å². The van der Waals surface area contributed by atoms with Crippen molar-refractivity contribution in [3.05, 3.63) is 205 Å². The van der Waals surface area contributed by atoms with Crippen LogP contribution in [0.5, 0.6) is 0 Å². The van der Waals surface area contributed by atoms with E-state index in [0.717, 1.165) is 95.0 Å². The second-order valence-electron chi connectivity index (χ2n) is 17.6. The van der Waals surface area contributed by atoms with Crippen LogP contribution in [-0.4, -0.2) is 9.13 Å². The summed E-state index contributed by atoms with van der Waals surface area (Å²) in [5.74, 6) is 0.947. The lowest BCUT2D eigenvalue weighted by Crippen LogP contribution is -2.12. The molecule has 0 amide bonds. The SMILES string of the molecule is C1=CC(n2c3ccccc3c3ccccc32)Cc2c1oc1ccc(-c3ccc4oc5ccc(-c6ccc7oc8ccc(-n9c%10ccccc%10c%10ccccc%109)cc8c7c6)cc5c4c3)cc21. The summed E-state index contributed by atoms with van der Waals surface area (Å²) in [6.45, 7) is 0. The van der Waals surface area contributed by atoms with Gasteiger partial charge in [-0.05, 0) is 119 Å². The van der Waals surface area contributed by atoms with Gasteiger partial charge in [0.2, 0.25) is 0 Å². The Bertz CT molecular complexity index is 4250. The monoisotopic (exact) mass is 832 g/mol. The Morgan fingerprint density at radius 2 is 0.754 bits per heavy atom. The van der Waals surface area contributed by atoms with Crippen molar-refractivity contribution in [2.24, 2.45) is 0 Å². The Labute approximate surface area is 371 Å². The highest BCUT2D eigenvalue weighted by Crippen LogP contribution is 2.43. The quantitative estimate of drug-likeness (QED) is 0.177. The smallest absolute Gasteiger partial charge is 0.135 e. The molecule has 1 aliphatic rings. The third kappa shape index (κ3) is 5.03. The number of aromatic nitrogens is 2. The Morgan fingerprint density at radius 3 is 1.26 bits per heavy atom. The summed E-state index contributed by atoms with van der Waals surface area (Å²) < 4.78 is 24.2. The van der Waals surface area contributed by atoms with Crippen molar-refractivity contribution >= 4 is 105 Å². The zero-order valence-corrected chi connectivity index (χ0v) is 35.0. The maximum absolute atomic E-state index is 6.47. The highest BCUT2D eigenvalue weighted by atomic mass is 16.3. The number of fused-ring (bicyclic) bond motifs is 15. The molecule has 0 bridgehead atoms. The molecule has 1 unspecified atom stereocenters. The molecule has 1 aliphatic carbocycles. The van der Waals surface area contributed by atoms with Gasteiger partial charge in [-0.25, -0.2) is 0 Å². The minimum atomic E-state index is 0.163. The summed E-state index contributed by atoms with van der Waals surface area (Å²) in [7, 11) is 0. The van der Waals surface area contributed by atoms with Gasteiger partial charge in [0.15, 0.2) is 0 Å². The molecular weight excluding hydrogens is 797 g/mol. The summed E-state index contributed by atoms with van der Waals surface area (Å²) >= 11 is 0. The van der Waals surface area contributed by atoms with Crippen LogP contribution in [0, 0.1) is 0 Å². The molecule has 0 N–H and O–H groups in total. The van der Waals surface area contributed by atoms with Gasteiger partial charge in [0, 0.05) is 77.2 Å². The molecule has 0 fully saturated rings. The highest BCUT2D eigenvalue weighted by molar-refractivity contribution is 6.12. The number of benzene rings is 9. The van der Waals surface area contributed by atoms with Crippen molar-refractivity contribution in [1.82, 2.24) is 9.13 Å². The second-order valence-corrected chi connectivity index (χ2v) is 17.6. The molecule has 304 valence electrons. The molecule has 0 aliphatic heterocycles. The van der Waals surface area contributed by atoms with Gasteiger partial charge in [-0.3, -0.25) is 0 Å². The van der Waals surface area contributed by atoms with E-state index in [9.17, 15) is 0 Å². The second kappa shape index (κ2) is 13.0. The van der Waals surface area contributed by atoms with Gasteiger partial charge in [-0.1, -0.05) is 103 Å². The lowest BCUT2D eigenvalue weighted by molar-refractivity contribution is 0.572. The molecule has 5 aromatic heterocycles. The van der Waals surface area contributed by atoms with Crippen LogP contribution in [0.3, 0.4) is 0 Å². The number of allylic oxidation sites excluding steroid dienone is 1. The van der Waals surface area contributed by atoms with Crippen LogP contribution in [0.15, 0.2) is 207 Å². The first-order valence-electron chi connectivity index (χ1n) is 22.3. The molecule has 5 heterocycles. The van der Waals surface area contributed by atoms with Crippen LogP contribution < -0.4 is 0 Å². The van der Waals surface area contributed by atoms with Gasteiger partial charge in [-0.2, -0.15) is 0 Å². The molecule has 9 aromatic carbocycles. The summed E-state index contributed by atoms with van der Waals surface area (Å²) in [5, 5.41) is 10.6. The third-order valence-corrected chi connectivity index (χ3v) is 14.1. The first-order chi connectivity index (χ1) is 32.2. The summed E-state index contributed by atoms with van der Waals surface area (Å²) in [6.07, 6.45) is 5.32. The van der Waals surface area contributed by atoms with Crippen LogP contribution in [0.2, 0.25) is 0 Å². The normalized spacial score (nSPS) is 14.2. The zero-order chi connectivity index (χ0) is 42.3. The van der Waals surface area contributed by atoms with E-state index in [1.807, 2.05) is 0 Å². The van der Waals surface area contributed by atoms with E-state index in [4.69, 9.17) is 13.3 Å². The average molecular weight is 833 g/mol.